The van der Waals surface area contributed by atoms with E-state index in [0.29, 0.717) is 0 Å². The molecule has 0 aromatic heterocycles. The number of hydrogen-bond acceptors (Lipinski definition) is 10. The maximum absolute atomic E-state index is 12.3. The SMILES string of the molecule is COC(=O)C1O[C@H](OCc2ccccc2)[C@@H](OC(C)=O)[C@@H](OC(C)=O)C1OC(C)=O. The Labute approximate surface area is 173 Å². The molecule has 1 aromatic rings. The number of methoxy groups -OCH3 is 1. The summed E-state index contributed by atoms with van der Waals surface area (Å²) in [6.07, 6.45) is -6.88. The molecule has 0 N–H and O–H groups in total. The van der Waals surface area contributed by atoms with Crippen molar-refractivity contribution in [1.29, 1.82) is 0 Å². The fourth-order valence-corrected chi connectivity index (χ4v) is 2.97. The number of ether oxygens (including phenoxy) is 6. The zero-order valence-corrected chi connectivity index (χ0v) is 17.1. The van der Waals surface area contributed by atoms with Crippen molar-refractivity contribution in [3.05, 3.63) is 35.9 Å². The molecule has 0 bridgehead atoms. The molecule has 10 heteroatoms. The maximum atomic E-state index is 12.3. The molecule has 1 fully saturated rings. The molecule has 164 valence electrons. The van der Waals surface area contributed by atoms with Gasteiger partial charge in [0, 0.05) is 20.8 Å². The third kappa shape index (κ3) is 6.26. The van der Waals surface area contributed by atoms with E-state index >= 15 is 0 Å². The van der Waals surface area contributed by atoms with Gasteiger partial charge in [0.1, 0.15) is 0 Å². The summed E-state index contributed by atoms with van der Waals surface area (Å²) in [5.74, 6) is -3.11. The van der Waals surface area contributed by atoms with E-state index in [1.54, 1.807) is 24.3 Å². The Kier molecular flexibility index (Phi) is 8.31. The minimum atomic E-state index is -1.48. The van der Waals surface area contributed by atoms with Gasteiger partial charge < -0.3 is 28.4 Å². The van der Waals surface area contributed by atoms with Crippen LogP contribution in [0.4, 0.5) is 0 Å². The van der Waals surface area contributed by atoms with E-state index in [9.17, 15) is 19.2 Å². The van der Waals surface area contributed by atoms with E-state index in [1.807, 2.05) is 6.07 Å². The highest BCUT2D eigenvalue weighted by molar-refractivity contribution is 5.77. The lowest BCUT2D eigenvalue weighted by atomic mass is 9.97. The highest BCUT2D eigenvalue weighted by atomic mass is 16.7. The smallest absolute Gasteiger partial charge is 0.339 e. The normalized spacial score (nSPS) is 25.7. The van der Waals surface area contributed by atoms with Crippen molar-refractivity contribution in [2.75, 3.05) is 7.11 Å². The van der Waals surface area contributed by atoms with Crippen molar-refractivity contribution in [3.8, 4) is 0 Å². The van der Waals surface area contributed by atoms with Gasteiger partial charge in [0.15, 0.2) is 30.7 Å². The number of benzene rings is 1. The van der Waals surface area contributed by atoms with Gasteiger partial charge in [0.05, 0.1) is 13.7 Å². The molecular weight excluding hydrogens is 400 g/mol. The number of carbonyl (C=O) groups excluding carboxylic acids is 4. The predicted molar refractivity (Wildman–Crippen MR) is 98.6 cm³/mol. The first kappa shape index (κ1) is 23.3. The Balaban J connectivity index is 2.39. The van der Waals surface area contributed by atoms with Crippen LogP contribution in [0.15, 0.2) is 30.3 Å². The van der Waals surface area contributed by atoms with Crippen molar-refractivity contribution in [3.63, 3.8) is 0 Å². The largest absolute Gasteiger partial charge is 0.467 e. The number of rotatable bonds is 7. The summed E-state index contributed by atoms with van der Waals surface area (Å²) in [5.41, 5.74) is 0.781. The summed E-state index contributed by atoms with van der Waals surface area (Å²) < 4.78 is 31.8. The molecular formula is C20H24O10. The van der Waals surface area contributed by atoms with Crippen molar-refractivity contribution in [2.24, 2.45) is 0 Å². The lowest BCUT2D eigenvalue weighted by Crippen LogP contribution is -2.63. The fraction of sp³-hybridized carbons (Fsp3) is 0.500. The van der Waals surface area contributed by atoms with Crippen molar-refractivity contribution >= 4 is 23.9 Å². The van der Waals surface area contributed by atoms with Gasteiger partial charge in [-0.25, -0.2) is 4.79 Å². The van der Waals surface area contributed by atoms with Crippen LogP contribution in [0.1, 0.15) is 26.3 Å². The molecule has 1 heterocycles. The molecule has 0 spiro atoms. The van der Waals surface area contributed by atoms with Crippen LogP contribution in [0.2, 0.25) is 0 Å². The molecule has 0 amide bonds. The first-order valence-electron chi connectivity index (χ1n) is 9.13. The second kappa shape index (κ2) is 10.7. The molecule has 5 atom stereocenters. The molecule has 10 nitrogen and oxygen atoms in total. The van der Waals surface area contributed by atoms with E-state index in [0.717, 1.165) is 33.4 Å². The van der Waals surface area contributed by atoms with E-state index < -0.39 is 54.6 Å². The summed E-state index contributed by atoms with van der Waals surface area (Å²) >= 11 is 0. The Hall–Kier alpha value is -2.98. The molecule has 2 unspecified atom stereocenters. The molecule has 1 aliphatic heterocycles. The van der Waals surface area contributed by atoms with Crippen LogP contribution in [0.5, 0.6) is 0 Å². The summed E-state index contributed by atoms with van der Waals surface area (Å²) in [5, 5.41) is 0. The molecule has 0 saturated carbocycles. The highest BCUT2D eigenvalue weighted by Gasteiger charge is 2.55. The van der Waals surface area contributed by atoms with Gasteiger partial charge in [-0.1, -0.05) is 30.3 Å². The van der Waals surface area contributed by atoms with Crippen molar-refractivity contribution < 1.29 is 47.6 Å². The Morgan fingerprint density at radius 1 is 0.833 bits per heavy atom. The lowest BCUT2D eigenvalue weighted by molar-refractivity contribution is -0.304. The Morgan fingerprint density at radius 2 is 1.37 bits per heavy atom. The summed E-state index contributed by atoms with van der Waals surface area (Å²) in [7, 11) is 1.12. The van der Waals surface area contributed by atoms with Gasteiger partial charge in [-0.3, -0.25) is 14.4 Å². The van der Waals surface area contributed by atoms with Gasteiger partial charge in [0.2, 0.25) is 0 Å². The molecule has 2 rings (SSSR count). The molecule has 1 aliphatic rings. The monoisotopic (exact) mass is 424 g/mol. The first-order chi connectivity index (χ1) is 14.2. The molecule has 0 aliphatic carbocycles. The van der Waals surface area contributed by atoms with Crippen LogP contribution < -0.4 is 0 Å². The van der Waals surface area contributed by atoms with Crippen molar-refractivity contribution in [1.82, 2.24) is 0 Å². The second-order valence-electron chi connectivity index (χ2n) is 6.47. The van der Waals surface area contributed by atoms with Crippen LogP contribution in [-0.4, -0.2) is 61.7 Å². The number of hydrogen-bond donors (Lipinski definition) is 0. The predicted octanol–water partition coefficient (Wildman–Crippen LogP) is 0.896. The first-order valence-corrected chi connectivity index (χ1v) is 9.13. The molecule has 1 aromatic carbocycles. The quantitative estimate of drug-likeness (QED) is 0.460. The van der Waals surface area contributed by atoms with Crippen LogP contribution in [0, 0.1) is 0 Å². The number of carbonyl (C=O) groups is 4. The van der Waals surface area contributed by atoms with Crippen LogP contribution in [-0.2, 0) is 54.2 Å². The van der Waals surface area contributed by atoms with Gasteiger partial charge in [-0.2, -0.15) is 0 Å². The molecule has 30 heavy (non-hydrogen) atoms. The standard InChI is InChI=1S/C20H24O10/c1-11(21)27-15-16(28-12(2)22)18(29-13(3)23)20(30-17(15)19(24)25-4)26-10-14-8-6-5-7-9-14/h5-9,15-18,20H,10H2,1-4H3/t15?,16-,17?,18-,20-/m0/s1. The number of esters is 4. The second-order valence-corrected chi connectivity index (χ2v) is 6.47. The van der Waals surface area contributed by atoms with Crippen LogP contribution in [0.3, 0.4) is 0 Å². The van der Waals surface area contributed by atoms with Gasteiger partial charge in [-0.05, 0) is 5.56 Å². The van der Waals surface area contributed by atoms with E-state index in [1.165, 1.54) is 0 Å². The third-order valence-corrected chi connectivity index (χ3v) is 4.09. The summed E-state index contributed by atoms with van der Waals surface area (Å²) in [6.45, 7) is 3.42. The average molecular weight is 424 g/mol. The Bertz CT molecular complexity index is 762. The Morgan fingerprint density at radius 3 is 1.90 bits per heavy atom. The van der Waals surface area contributed by atoms with Gasteiger partial charge in [-0.15, -0.1) is 0 Å². The molecule has 0 radical (unpaired) electrons. The minimum absolute atomic E-state index is 0.0438. The fourth-order valence-electron chi connectivity index (χ4n) is 2.97. The average Bonchev–Trinajstić information content (AvgIpc) is 2.68. The highest BCUT2D eigenvalue weighted by Crippen LogP contribution is 2.30. The van der Waals surface area contributed by atoms with E-state index in [-0.39, 0.29) is 6.61 Å². The topological polar surface area (TPSA) is 124 Å². The minimum Gasteiger partial charge on any atom is -0.467 e. The van der Waals surface area contributed by atoms with Crippen LogP contribution >= 0.6 is 0 Å². The maximum Gasteiger partial charge on any atom is 0.339 e. The third-order valence-electron chi connectivity index (χ3n) is 4.09. The van der Waals surface area contributed by atoms with E-state index in [2.05, 4.69) is 0 Å². The summed E-state index contributed by atoms with van der Waals surface area (Å²) in [4.78, 5) is 47.3. The van der Waals surface area contributed by atoms with Gasteiger partial charge >= 0.3 is 23.9 Å². The van der Waals surface area contributed by atoms with Gasteiger partial charge in [0.25, 0.3) is 0 Å². The lowest BCUT2D eigenvalue weighted by Gasteiger charge is -2.43. The zero-order chi connectivity index (χ0) is 22.3. The molecule has 1 saturated heterocycles. The van der Waals surface area contributed by atoms with E-state index in [4.69, 9.17) is 28.4 Å². The summed E-state index contributed by atoms with van der Waals surface area (Å²) in [6, 6.07) is 9.04. The van der Waals surface area contributed by atoms with Crippen molar-refractivity contribution in [2.45, 2.75) is 58.1 Å². The van der Waals surface area contributed by atoms with Crippen LogP contribution in [0.25, 0.3) is 0 Å². The zero-order valence-electron chi connectivity index (χ0n) is 17.1.